The van der Waals surface area contributed by atoms with Crippen molar-refractivity contribution in [1.82, 2.24) is 5.32 Å². The Bertz CT molecular complexity index is 101. The summed E-state index contributed by atoms with van der Waals surface area (Å²) in [5.74, 6) is 0.537. The molecule has 3 heteroatoms. The summed E-state index contributed by atoms with van der Waals surface area (Å²) >= 11 is 3.11. The van der Waals surface area contributed by atoms with Crippen molar-refractivity contribution in [3.63, 3.8) is 0 Å². The van der Waals surface area contributed by atoms with Crippen molar-refractivity contribution >= 4 is 21.8 Å². The fourth-order valence-electron chi connectivity index (χ4n) is 0.556. The lowest BCUT2D eigenvalue weighted by molar-refractivity contribution is -0.121. The van der Waals surface area contributed by atoms with E-state index >= 15 is 0 Å². The average Bonchev–Trinajstić information content (AvgIpc) is 2.45. The molecule has 46 valence electrons. The molecule has 1 fully saturated rings. The third-order valence-corrected chi connectivity index (χ3v) is 1.47. The average molecular weight is 178 g/mol. The summed E-state index contributed by atoms with van der Waals surface area (Å²) in [5.41, 5.74) is 0.586. The molecule has 8 heavy (non-hydrogen) atoms. The quantitative estimate of drug-likeness (QED) is 0.493. The first-order chi connectivity index (χ1) is 3.84. The first-order valence-corrected chi connectivity index (χ1v) is 3.80. The standard InChI is InChI=1S/C5H8BrNO/c6-3-7-5(8)4-1-2-4/h4H,1-3H2,(H,7,8). The topological polar surface area (TPSA) is 29.1 Å². The summed E-state index contributed by atoms with van der Waals surface area (Å²) in [4.78, 5) is 10.7. The van der Waals surface area contributed by atoms with Crippen molar-refractivity contribution in [1.29, 1.82) is 0 Å². The maximum atomic E-state index is 10.7. The summed E-state index contributed by atoms with van der Waals surface area (Å²) in [7, 11) is 0. The van der Waals surface area contributed by atoms with Gasteiger partial charge in [-0.3, -0.25) is 4.79 Å². The third-order valence-electron chi connectivity index (χ3n) is 1.19. The molecule has 0 spiro atoms. The van der Waals surface area contributed by atoms with E-state index in [1.165, 1.54) is 0 Å². The molecule has 0 saturated heterocycles. The summed E-state index contributed by atoms with van der Waals surface area (Å²) in [6, 6.07) is 0. The number of amides is 1. The zero-order valence-corrected chi connectivity index (χ0v) is 6.07. The van der Waals surface area contributed by atoms with Gasteiger partial charge in [-0.2, -0.15) is 0 Å². The molecule has 0 aromatic rings. The molecular weight excluding hydrogens is 170 g/mol. The monoisotopic (exact) mass is 177 g/mol. The van der Waals surface area contributed by atoms with Gasteiger partial charge in [-0.05, 0) is 12.8 Å². The van der Waals surface area contributed by atoms with Crippen molar-refractivity contribution in [2.75, 3.05) is 5.45 Å². The van der Waals surface area contributed by atoms with Crippen LogP contribution in [0.15, 0.2) is 0 Å². The number of nitrogens with one attached hydrogen (secondary N) is 1. The molecule has 0 atom stereocenters. The first-order valence-electron chi connectivity index (χ1n) is 2.68. The van der Waals surface area contributed by atoms with Crippen LogP contribution in [0.3, 0.4) is 0 Å². The zero-order chi connectivity index (χ0) is 5.98. The van der Waals surface area contributed by atoms with E-state index in [0.29, 0.717) is 11.4 Å². The predicted octanol–water partition coefficient (Wildman–Crippen LogP) is 0.865. The highest BCUT2D eigenvalue weighted by atomic mass is 79.9. The number of carbonyl (C=O) groups excluding carboxylic acids is 1. The van der Waals surface area contributed by atoms with E-state index in [4.69, 9.17) is 0 Å². The van der Waals surface area contributed by atoms with Gasteiger partial charge in [-0.25, -0.2) is 0 Å². The maximum Gasteiger partial charge on any atom is 0.223 e. The van der Waals surface area contributed by atoms with Gasteiger partial charge in [0.05, 0.1) is 5.45 Å². The van der Waals surface area contributed by atoms with Crippen LogP contribution in [0.2, 0.25) is 0 Å². The predicted molar refractivity (Wildman–Crippen MR) is 34.7 cm³/mol. The Hall–Kier alpha value is -0.0500. The molecule has 1 saturated carbocycles. The molecule has 0 aromatic carbocycles. The molecule has 1 aliphatic carbocycles. The fourth-order valence-corrected chi connectivity index (χ4v) is 0.832. The van der Waals surface area contributed by atoms with Crippen molar-refractivity contribution in [3.05, 3.63) is 0 Å². The van der Waals surface area contributed by atoms with Crippen LogP contribution < -0.4 is 5.32 Å². The summed E-state index contributed by atoms with van der Waals surface area (Å²) in [6.07, 6.45) is 2.16. The molecule has 1 amide bonds. The molecule has 0 heterocycles. The van der Waals surface area contributed by atoms with Gasteiger partial charge in [0.25, 0.3) is 0 Å². The van der Waals surface area contributed by atoms with Crippen LogP contribution >= 0.6 is 15.9 Å². The number of hydrogen-bond acceptors (Lipinski definition) is 1. The Morgan fingerprint density at radius 2 is 2.38 bits per heavy atom. The molecule has 0 aromatic heterocycles. The lowest BCUT2D eigenvalue weighted by atomic mass is 10.4. The second-order valence-electron chi connectivity index (χ2n) is 1.95. The summed E-state index contributed by atoms with van der Waals surface area (Å²) < 4.78 is 0. The zero-order valence-electron chi connectivity index (χ0n) is 4.48. The van der Waals surface area contributed by atoms with Crippen LogP contribution in [0.1, 0.15) is 12.8 Å². The van der Waals surface area contributed by atoms with Gasteiger partial charge in [0.2, 0.25) is 5.91 Å². The van der Waals surface area contributed by atoms with Crippen LogP contribution in [0.5, 0.6) is 0 Å². The van der Waals surface area contributed by atoms with E-state index in [1.54, 1.807) is 0 Å². The van der Waals surface area contributed by atoms with Crippen molar-refractivity contribution in [2.45, 2.75) is 12.8 Å². The van der Waals surface area contributed by atoms with Crippen molar-refractivity contribution in [2.24, 2.45) is 5.92 Å². The largest absolute Gasteiger partial charge is 0.346 e. The molecule has 0 aliphatic heterocycles. The summed E-state index contributed by atoms with van der Waals surface area (Å²) in [5, 5.41) is 2.69. The number of alkyl halides is 1. The number of halogens is 1. The van der Waals surface area contributed by atoms with E-state index in [9.17, 15) is 4.79 Å². The van der Waals surface area contributed by atoms with Crippen molar-refractivity contribution < 1.29 is 4.79 Å². The van der Waals surface area contributed by atoms with Gasteiger partial charge in [0, 0.05) is 5.92 Å². The fraction of sp³-hybridized carbons (Fsp3) is 0.800. The highest BCUT2D eigenvalue weighted by Crippen LogP contribution is 2.28. The summed E-state index contributed by atoms with van der Waals surface area (Å²) in [6.45, 7) is 0. The Labute approximate surface area is 56.8 Å². The smallest absolute Gasteiger partial charge is 0.223 e. The van der Waals surface area contributed by atoms with E-state index in [2.05, 4.69) is 21.2 Å². The van der Waals surface area contributed by atoms with E-state index < -0.39 is 0 Å². The van der Waals surface area contributed by atoms with Crippen LogP contribution in [-0.4, -0.2) is 11.4 Å². The third kappa shape index (κ3) is 1.47. The van der Waals surface area contributed by atoms with Crippen LogP contribution in [0, 0.1) is 5.92 Å². The second kappa shape index (κ2) is 2.49. The van der Waals surface area contributed by atoms with Crippen LogP contribution in [0.25, 0.3) is 0 Å². The van der Waals surface area contributed by atoms with Crippen molar-refractivity contribution in [3.8, 4) is 0 Å². The molecule has 0 radical (unpaired) electrons. The Morgan fingerprint density at radius 1 is 1.75 bits per heavy atom. The molecule has 1 N–H and O–H groups in total. The van der Waals surface area contributed by atoms with E-state index in [1.807, 2.05) is 0 Å². The lowest BCUT2D eigenvalue weighted by Crippen LogP contribution is -2.22. The Morgan fingerprint density at radius 3 is 2.75 bits per heavy atom. The van der Waals surface area contributed by atoms with E-state index in [-0.39, 0.29) is 5.91 Å². The molecule has 0 unspecified atom stereocenters. The maximum absolute atomic E-state index is 10.7. The van der Waals surface area contributed by atoms with Crippen LogP contribution in [-0.2, 0) is 4.79 Å². The Kier molecular flexibility index (Phi) is 1.89. The minimum absolute atomic E-state index is 0.196. The van der Waals surface area contributed by atoms with Gasteiger partial charge in [-0.1, -0.05) is 15.9 Å². The SMILES string of the molecule is O=C(NCBr)C1CC1. The second-order valence-corrected chi connectivity index (χ2v) is 2.51. The molecule has 1 rings (SSSR count). The van der Waals surface area contributed by atoms with Gasteiger partial charge in [0.1, 0.15) is 0 Å². The number of rotatable bonds is 2. The van der Waals surface area contributed by atoms with Gasteiger partial charge < -0.3 is 5.32 Å². The van der Waals surface area contributed by atoms with Crippen LogP contribution in [0.4, 0.5) is 0 Å². The van der Waals surface area contributed by atoms with E-state index in [0.717, 1.165) is 12.8 Å². The van der Waals surface area contributed by atoms with Gasteiger partial charge in [0.15, 0.2) is 0 Å². The minimum atomic E-state index is 0.196. The normalized spacial score (nSPS) is 18.1. The molecule has 0 bridgehead atoms. The lowest BCUT2D eigenvalue weighted by Gasteiger charge is -1.94. The first kappa shape index (κ1) is 6.08. The number of carbonyl (C=O) groups is 1. The number of hydrogen-bond donors (Lipinski definition) is 1. The van der Waals surface area contributed by atoms with Gasteiger partial charge in [-0.15, -0.1) is 0 Å². The highest BCUT2D eigenvalue weighted by molar-refractivity contribution is 9.09. The van der Waals surface area contributed by atoms with Gasteiger partial charge >= 0.3 is 0 Å². The molecular formula is C5H8BrNO. The molecule has 1 aliphatic rings. The highest BCUT2D eigenvalue weighted by Gasteiger charge is 2.28. The minimum Gasteiger partial charge on any atom is -0.346 e. The molecule has 2 nitrogen and oxygen atoms in total. The Balaban J connectivity index is 2.13.